The van der Waals surface area contributed by atoms with Gasteiger partial charge < -0.3 is 4.52 Å². The van der Waals surface area contributed by atoms with Gasteiger partial charge >= 0.3 is 6.18 Å². The molecule has 1 aromatic heterocycles. The molecule has 29 heavy (non-hydrogen) atoms. The van der Waals surface area contributed by atoms with Crippen molar-refractivity contribution in [3.05, 3.63) is 77.4 Å². The molecule has 0 atom stereocenters. The van der Waals surface area contributed by atoms with Crippen molar-refractivity contribution in [2.45, 2.75) is 23.4 Å². The number of rotatable bonds is 5. The Morgan fingerprint density at radius 2 is 1.69 bits per heavy atom. The second-order valence-electron chi connectivity index (χ2n) is 6.72. The van der Waals surface area contributed by atoms with Crippen LogP contribution in [-0.4, -0.2) is 36.0 Å². The largest absolute Gasteiger partial charge is 0.417 e. The summed E-state index contributed by atoms with van der Waals surface area (Å²) in [5, 5.41) is 3.90. The summed E-state index contributed by atoms with van der Waals surface area (Å²) >= 11 is 0. The van der Waals surface area contributed by atoms with E-state index in [1.54, 1.807) is 0 Å². The van der Waals surface area contributed by atoms with Crippen molar-refractivity contribution in [3.8, 4) is 0 Å². The van der Waals surface area contributed by atoms with E-state index in [0.29, 0.717) is 12.2 Å². The maximum atomic E-state index is 13.2. The van der Waals surface area contributed by atoms with E-state index in [9.17, 15) is 21.6 Å². The van der Waals surface area contributed by atoms with Crippen molar-refractivity contribution in [3.63, 3.8) is 0 Å². The molecule has 0 saturated carbocycles. The van der Waals surface area contributed by atoms with Gasteiger partial charge in [0.05, 0.1) is 16.4 Å². The lowest BCUT2D eigenvalue weighted by atomic mass is 10.0. The Morgan fingerprint density at radius 1 is 1.03 bits per heavy atom. The minimum Gasteiger partial charge on any atom is -0.339 e. The molecular formula is C19H16F3N3O3S. The molecule has 0 amide bonds. The van der Waals surface area contributed by atoms with Crippen LogP contribution in [0.3, 0.4) is 0 Å². The van der Waals surface area contributed by atoms with E-state index in [-0.39, 0.29) is 24.9 Å². The molecular weight excluding hydrogens is 407 g/mol. The monoisotopic (exact) mass is 423 g/mol. The average Bonchev–Trinajstić information content (AvgIpc) is 3.08. The Hall–Kier alpha value is -2.72. The summed E-state index contributed by atoms with van der Waals surface area (Å²) < 4.78 is 71.1. The quantitative estimate of drug-likeness (QED) is 0.628. The van der Waals surface area contributed by atoms with Crippen LogP contribution in [0.25, 0.3) is 0 Å². The molecule has 0 radical (unpaired) electrons. The molecule has 0 N–H and O–H groups in total. The van der Waals surface area contributed by atoms with E-state index >= 15 is 0 Å². The van der Waals surface area contributed by atoms with Gasteiger partial charge in [-0.15, -0.1) is 0 Å². The standard InChI is InChI=1S/C19H16F3N3O3S/c20-19(21,22)15-8-4-5-9-16(15)29(26,27)25-11-14(12-25)18-23-17(24-28-18)10-13-6-2-1-3-7-13/h1-9,14H,10-12H2. The lowest BCUT2D eigenvalue weighted by Gasteiger charge is -2.36. The fraction of sp³-hybridized carbons (Fsp3) is 0.263. The van der Waals surface area contributed by atoms with Gasteiger partial charge in [0, 0.05) is 19.5 Å². The number of aromatic nitrogens is 2. The topological polar surface area (TPSA) is 76.3 Å². The van der Waals surface area contributed by atoms with Gasteiger partial charge in [-0.05, 0) is 17.7 Å². The van der Waals surface area contributed by atoms with Gasteiger partial charge in [0.2, 0.25) is 15.9 Å². The first-order chi connectivity index (χ1) is 13.7. The van der Waals surface area contributed by atoms with E-state index in [2.05, 4.69) is 10.1 Å². The van der Waals surface area contributed by atoms with E-state index < -0.39 is 26.7 Å². The number of nitrogens with zero attached hydrogens (tertiary/aromatic N) is 3. The summed E-state index contributed by atoms with van der Waals surface area (Å²) in [7, 11) is -4.28. The number of hydrogen-bond acceptors (Lipinski definition) is 5. The Labute approximate surface area is 165 Å². The molecule has 10 heteroatoms. The third kappa shape index (κ3) is 3.90. The number of benzene rings is 2. The molecule has 0 bridgehead atoms. The van der Waals surface area contributed by atoms with Crippen LogP contribution in [0.4, 0.5) is 13.2 Å². The van der Waals surface area contributed by atoms with Crippen LogP contribution >= 0.6 is 0 Å². The SMILES string of the molecule is O=S(=O)(c1ccccc1C(F)(F)F)N1CC(c2nc(Cc3ccccc3)no2)C1. The molecule has 2 aromatic carbocycles. The predicted molar refractivity (Wildman–Crippen MR) is 96.5 cm³/mol. The Balaban J connectivity index is 1.47. The molecule has 0 unspecified atom stereocenters. The van der Waals surface area contributed by atoms with Crippen LogP contribution < -0.4 is 0 Å². The van der Waals surface area contributed by atoms with Crippen LogP contribution in [0.2, 0.25) is 0 Å². The molecule has 1 saturated heterocycles. The molecule has 6 nitrogen and oxygen atoms in total. The van der Waals surface area contributed by atoms with Crippen LogP contribution in [0.15, 0.2) is 64.0 Å². The highest BCUT2D eigenvalue weighted by Gasteiger charge is 2.44. The summed E-state index contributed by atoms with van der Waals surface area (Å²) in [5.74, 6) is 0.404. The second-order valence-corrected chi connectivity index (χ2v) is 8.63. The zero-order valence-corrected chi connectivity index (χ0v) is 15.8. The third-order valence-corrected chi connectivity index (χ3v) is 6.59. The van der Waals surface area contributed by atoms with E-state index in [4.69, 9.17) is 4.52 Å². The zero-order valence-electron chi connectivity index (χ0n) is 15.0. The van der Waals surface area contributed by atoms with Crippen molar-refractivity contribution in [1.29, 1.82) is 0 Å². The van der Waals surface area contributed by atoms with Gasteiger partial charge in [-0.2, -0.15) is 22.5 Å². The highest BCUT2D eigenvalue weighted by Crippen LogP contribution is 2.38. The summed E-state index contributed by atoms with van der Waals surface area (Å²) in [6.45, 7) is -0.0248. The number of alkyl halides is 3. The van der Waals surface area contributed by atoms with E-state index in [0.717, 1.165) is 28.1 Å². The van der Waals surface area contributed by atoms with Gasteiger partial charge in [-0.1, -0.05) is 47.6 Å². The average molecular weight is 423 g/mol. The van der Waals surface area contributed by atoms with Gasteiger partial charge in [-0.25, -0.2) is 8.42 Å². The van der Waals surface area contributed by atoms with Crippen molar-refractivity contribution in [2.75, 3.05) is 13.1 Å². The lowest BCUT2D eigenvalue weighted by molar-refractivity contribution is -0.139. The fourth-order valence-corrected chi connectivity index (χ4v) is 4.88. The van der Waals surface area contributed by atoms with Crippen molar-refractivity contribution >= 4 is 10.0 Å². The van der Waals surface area contributed by atoms with Crippen LogP contribution in [0.1, 0.15) is 28.8 Å². The summed E-state index contributed by atoms with van der Waals surface area (Å²) in [4.78, 5) is 3.55. The van der Waals surface area contributed by atoms with Gasteiger partial charge in [-0.3, -0.25) is 0 Å². The Bertz CT molecular complexity index is 1110. The lowest BCUT2D eigenvalue weighted by Crippen LogP contribution is -2.48. The van der Waals surface area contributed by atoms with Crippen molar-refractivity contribution < 1.29 is 26.1 Å². The smallest absolute Gasteiger partial charge is 0.339 e. The molecule has 2 heterocycles. The fourth-order valence-electron chi connectivity index (χ4n) is 3.14. The molecule has 0 aliphatic carbocycles. The maximum Gasteiger partial charge on any atom is 0.417 e. The first-order valence-electron chi connectivity index (χ1n) is 8.78. The van der Waals surface area contributed by atoms with E-state index in [1.165, 1.54) is 6.07 Å². The zero-order chi connectivity index (χ0) is 20.6. The Kier molecular flexibility index (Phi) is 4.91. The minimum absolute atomic E-state index is 0.0124. The van der Waals surface area contributed by atoms with Crippen LogP contribution in [0, 0.1) is 0 Å². The molecule has 1 aliphatic rings. The molecule has 152 valence electrons. The normalized spacial score (nSPS) is 16.0. The highest BCUT2D eigenvalue weighted by atomic mass is 32.2. The molecule has 1 aliphatic heterocycles. The van der Waals surface area contributed by atoms with Crippen LogP contribution in [-0.2, 0) is 22.6 Å². The third-order valence-electron chi connectivity index (χ3n) is 4.70. The summed E-state index contributed by atoms with van der Waals surface area (Å²) in [6, 6.07) is 13.7. The number of hydrogen-bond donors (Lipinski definition) is 0. The van der Waals surface area contributed by atoms with Crippen LogP contribution in [0.5, 0.6) is 0 Å². The number of sulfonamides is 1. The first kappa shape index (κ1) is 19.6. The minimum atomic E-state index is -4.76. The molecule has 3 aromatic rings. The predicted octanol–water partition coefficient (Wildman–Crippen LogP) is 3.47. The molecule has 1 fully saturated rings. The summed E-state index contributed by atoms with van der Waals surface area (Å²) in [6.07, 6.45) is -4.29. The van der Waals surface area contributed by atoms with Crippen molar-refractivity contribution in [2.24, 2.45) is 0 Å². The number of halogens is 3. The second kappa shape index (κ2) is 7.27. The van der Waals surface area contributed by atoms with E-state index in [1.807, 2.05) is 30.3 Å². The highest BCUT2D eigenvalue weighted by molar-refractivity contribution is 7.89. The van der Waals surface area contributed by atoms with Crippen molar-refractivity contribution in [1.82, 2.24) is 14.4 Å². The summed E-state index contributed by atoms with van der Waals surface area (Å²) in [5.41, 5.74) is -0.173. The first-order valence-corrected chi connectivity index (χ1v) is 10.2. The van der Waals surface area contributed by atoms with Gasteiger partial charge in [0.25, 0.3) is 0 Å². The van der Waals surface area contributed by atoms with Gasteiger partial charge in [0.15, 0.2) is 5.82 Å². The molecule has 4 rings (SSSR count). The Morgan fingerprint density at radius 3 is 2.38 bits per heavy atom. The molecule has 0 spiro atoms. The van der Waals surface area contributed by atoms with Gasteiger partial charge in [0.1, 0.15) is 0 Å². The maximum absolute atomic E-state index is 13.2.